The topological polar surface area (TPSA) is 131 Å². The van der Waals surface area contributed by atoms with Gasteiger partial charge in [0.05, 0.1) is 18.1 Å². The Hall–Kier alpha value is -2.63. The number of nitriles is 1. The van der Waals surface area contributed by atoms with Crippen molar-refractivity contribution in [3.63, 3.8) is 0 Å². The molecule has 2 fully saturated rings. The van der Waals surface area contributed by atoms with Gasteiger partial charge in [0.1, 0.15) is 12.1 Å². The van der Waals surface area contributed by atoms with Crippen LogP contribution in [-0.4, -0.2) is 41.5 Å². The van der Waals surface area contributed by atoms with Gasteiger partial charge in [-0.15, -0.1) is 0 Å². The van der Waals surface area contributed by atoms with Gasteiger partial charge in [0.2, 0.25) is 17.7 Å². The summed E-state index contributed by atoms with van der Waals surface area (Å²) >= 11 is 5.89. The fourth-order valence-corrected chi connectivity index (χ4v) is 4.08. The highest BCUT2D eigenvalue weighted by Gasteiger charge is 2.34. The average molecular weight is 461 g/mol. The zero-order valence-electron chi connectivity index (χ0n) is 18.1. The van der Waals surface area contributed by atoms with Gasteiger partial charge in [-0.3, -0.25) is 14.4 Å². The van der Waals surface area contributed by atoms with E-state index in [4.69, 9.17) is 11.6 Å². The maximum Gasteiger partial charge on any atom is 0.243 e. The third-order valence-corrected chi connectivity index (χ3v) is 6.30. The van der Waals surface area contributed by atoms with Crippen LogP contribution in [0.25, 0.3) is 0 Å². The summed E-state index contributed by atoms with van der Waals surface area (Å²) in [6.07, 6.45) is 3.10. The third-order valence-electron chi connectivity index (χ3n) is 6.04. The van der Waals surface area contributed by atoms with Crippen molar-refractivity contribution in [2.24, 2.45) is 11.8 Å². The van der Waals surface area contributed by atoms with E-state index in [9.17, 15) is 24.8 Å². The van der Waals surface area contributed by atoms with Gasteiger partial charge in [0.25, 0.3) is 0 Å². The van der Waals surface area contributed by atoms with Crippen LogP contribution in [0.15, 0.2) is 24.3 Å². The van der Waals surface area contributed by atoms with Crippen LogP contribution in [0.2, 0.25) is 5.02 Å². The number of hydrogen-bond acceptors (Lipinski definition) is 5. The molecule has 1 unspecified atom stereocenters. The lowest BCUT2D eigenvalue weighted by molar-refractivity contribution is -0.132. The number of aliphatic hydroxyl groups is 1. The highest BCUT2D eigenvalue weighted by molar-refractivity contribution is 6.30. The molecule has 1 saturated carbocycles. The number of nitrogens with one attached hydrogen (secondary N) is 3. The quantitative estimate of drug-likeness (QED) is 0.422. The molecule has 2 aliphatic rings. The molecule has 1 aliphatic heterocycles. The Kier molecular flexibility index (Phi) is 7.75. The highest BCUT2D eigenvalue weighted by atomic mass is 35.5. The van der Waals surface area contributed by atoms with Crippen molar-refractivity contribution < 1.29 is 19.5 Å². The first kappa shape index (κ1) is 24.0. The molecule has 1 saturated heterocycles. The summed E-state index contributed by atoms with van der Waals surface area (Å²) in [5.74, 6) is -0.961. The molecule has 3 rings (SSSR count). The van der Waals surface area contributed by atoms with Gasteiger partial charge in [-0.2, -0.15) is 5.26 Å². The van der Waals surface area contributed by atoms with E-state index in [1.165, 1.54) is 6.92 Å². The lowest BCUT2D eigenvalue weighted by Crippen LogP contribution is -2.51. The molecule has 1 aliphatic carbocycles. The number of halogens is 1. The molecule has 4 atom stereocenters. The van der Waals surface area contributed by atoms with E-state index in [-0.39, 0.29) is 24.7 Å². The zero-order chi connectivity index (χ0) is 23.3. The Balaban J connectivity index is 1.60. The van der Waals surface area contributed by atoms with Crippen molar-refractivity contribution in [1.82, 2.24) is 16.0 Å². The van der Waals surface area contributed by atoms with Crippen molar-refractivity contribution in [3.05, 3.63) is 34.9 Å². The van der Waals surface area contributed by atoms with Crippen LogP contribution in [0.4, 0.5) is 0 Å². The maximum atomic E-state index is 12.9. The minimum Gasteiger partial charge on any atom is -0.385 e. The molecule has 0 bridgehead atoms. The number of carbonyl (C=O) groups is 3. The van der Waals surface area contributed by atoms with E-state index < -0.39 is 29.5 Å². The van der Waals surface area contributed by atoms with Crippen LogP contribution in [0.1, 0.15) is 51.0 Å². The van der Waals surface area contributed by atoms with Crippen LogP contribution in [-0.2, 0) is 20.0 Å². The molecule has 8 nitrogen and oxygen atoms in total. The van der Waals surface area contributed by atoms with E-state index in [1.807, 2.05) is 6.07 Å². The summed E-state index contributed by atoms with van der Waals surface area (Å²) in [7, 11) is 0. The third kappa shape index (κ3) is 6.68. The van der Waals surface area contributed by atoms with Gasteiger partial charge >= 0.3 is 0 Å². The summed E-state index contributed by atoms with van der Waals surface area (Å²) in [4.78, 5) is 37.4. The van der Waals surface area contributed by atoms with Gasteiger partial charge in [-0.05, 0) is 49.8 Å². The molecule has 0 aromatic heterocycles. The van der Waals surface area contributed by atoms with Gasteiger partial charge in [-0.1, -0.05) is 36.6 Å². The number of rotatable bonds is 10. The van der Waals surface area contributed by atoms with Crippen molar-refractivity contribution in [1.29, 1.82) is 5.26 Å². The lowest BCUT2D eigenvalue weighted by atomic mass is 9.92. The monoisotopic (exact) mass is 460 g/mol. The van der Waals surface area contributed by atoms with Crippen molar-refractivity contribution in [2.75, 3.05) is 6.54 Å². The number of benzene rings is 1. The fourth-order valence-electron chi connectivity index (χ4n) is 3.96. The second-order valence-corrected chi connectivity index (χ2v) is 9.40. The van der Waals surface area contributed by atoms with Crippen molar-refractivity contribution in [2.45, 2.75) is 63.1 Å². The summed E-state index contributed by atoms with van der Waals surface area (Å²) < 4.78 is 0. The maximum absolute atomic E-state index is 12.9. The molecule has 0 spiro atoms. The molecule has 1 heterocycles. The van der Waals surface area contributed by atoms with Gasteiger partial charge in [0.15, 0.2) is 0 Å². The van der Waals surface area contributed by atoms with Crippen LogP contribution in [0, 0.1) is 23.2 Å². The van der Waals surface area contributed by atoms with Crippen LogP contribution >= 0.6 is 11.6 Å². The van der Waals surface area contributed by atoms with Gasteiger partial charge < -0.3 is 21.1 Å². The molecule has 1 aromatic carbocycles. The van der Waals surface area contributed by atoms with E-state index in [1.54, 1.807) is 24.3 Å². The zero-order valence-corrected chi connectivity index (χ0v) is 18.8. The number of hydrogen-bond donors (Lipinski definition) is 4. The predicted molar refractivity (Wildman–Crippen MR) is 118 cm³/mol. The first-order chi connectivity index (χ1) is 15.2. The largest absolute Gasteiger partial charge is 0.385 e. The van der Waals surface area contributed by atoms with Crippen molar-refractivity contribution in [3.8, 4) is 6.07 Å². The Morgan fingerprint density at radius 2 is 1.94 bits per heavy atom. The van der Waals surface area contributed by atoms with Crippen LogP contribution < -0.4 is 16.0 Å². The summed E-state index contributed by atoms with van der Waals surface area (Å²) in [5, 5.41) is 28.9. The molecule has 1 aromatic rings. The first-order valence-electron chi connectivity index (χ1n) is 10.9. The molecule has 4 N–H and O–H groups in total. The second-order valence-electron chi connectivity index (χ2n) is 8.96. The van der Waals surface area contributed by atoms with E-state index in [0.29, 0.717) is 35.9 Å². The molecule has 32 heavy (non-hydrogen) atoms. The highest BCUT2D eigenvalue weighted by Crippen LogP contribution is 2.34. The molecule has 3 amide bonds. The lowest BCUT2D eigenvalue weighted by Gasteiger charge is -2.26. The molecular weight excluding hydrogens is 432 g/mol. The van der Waals surface area contributed by atoms with Gasteiger partial charge in [-0.25, -0.2) is 0 Å². The van der Waals surface area contributed by atoms with Crippen molar-refractivity contribution >= 4 is 29.3 Å². The molecule has 9 heteroatoms. The summed E-state index contributed by atoms with van der Waals surface area (Å²) in [6.45, 7) is 2.10. The second kappa shape index (κ2) is 10.3. The smallest absolute Gasteiger partial charge is 0.243 e. The van der Waals surface area contributed by atoms with Crippen LogP contribution in [0.3, 0.4) is 0 Å². The molecule has 172 valence electrons. The number of nitrogens with zero attached hydrogens (tertiary/aromatic N) is 1. The molecular formula is C23H29ClN4O4. The average Bonchev–Trinajstić information content (AvgIpc) is 3.47. The van der Waals surface area contributed by atoms with E-state index in [2.05, 4.69) is 16.0 Å². The fraction of sp³-hybridized carbons (Fsp3) is 0.565. The molecule has 0 radical (unpaired) electrons. The number of amides is 3. The SMILES string of the molecule is CC(O)(CC(=O)N[C@@H](CC1CC1)C(=O)N[C@H](C#N)C[C@@H]1CCNC1=O)c1ccc(Cl)cc1. The van der Waals surface area contributed by atoms with Gasteiger partial charge in [0, 0.05) is 17.5 Å². The Morgan fingerprint density at radius 1 is 1.25 bits per heavy atom. The number of carbonyl (C=O) groups excluding carboxylic acids is 3. The van der Waals surface area contributed by atoms with E-state index in [0.717, 1.165) is 12.8 Å². The Morgan fingerprint density at radius 3 is 2.50 bits per heavy atom. The normalized spacial score (nSPS) is 21.6. The summed E-state index contributed by atoms with van der Waals surface area (Å²) in [5.41, 5.74) is -0.889. The minimum absolute atomic E-state index is 0.105. The Bertz CT molecular complexity index is 892. The van der Waals surface area contributed by atoms with E-state index >= 15 is 0 Å². The standard InChI is InChI=1S/C23H29ClN4O4/c1-23(32,16-4-6-17(24)7-5-16)12-20(29)28-19(10-14-2-3-14)22(31)27-18(13-25)11-15-8-9-26-21(15)30/h4-7,14-15,18-19,32H,2-3,8-12H2,1H3,(H,26,30)(H,27,31)(H,28,29)/t15-,18-,19-,23?/m0/s1. The predicted octanol–water partition coefficient (Wildman–Crippen LogP) is 1.76. The Labute approximate surface area is 192 Å². The minimum atomic E-state index is -1.43. The van der Waals surface area contributed by atoms with Crippen LogP contribution in [0.5, 0.6) is 0 Å². The first-order valence-corrected chi connectivity index (χ1v) is 11.3. The summed E-state index contributed by atoms with van der Waals surface area (Å²) in [6, 6.07) is 7.02.